The highest BCUT2D eigenvalue weighted by molar-refractivity contribution is 5.79. The number of aliphatic carboxylic acids is 1. The zero-order valence-corrected chi connectivity index (χ0v) is 13.8. The largest absolute Gasteiger partial charge is 0.481 e. The maximum absolute atomic E-state index is 12.6. The third kappa shape index (κ3) is 4.43. The molecule has 1 rings (SSSR count). The maximum Gasteiger partial charge on any atom is 0.309 e. The number of nitrogens with zero attached hydrogens (tertiary/aromatic N) is 1. The summed E-state index contributed by atoms with van der Waals surface area (Å²) in [5.41, 5.74) is 4.96. The van der Waals surface area contributed by atoms with Crippen LogP contribution in [0.15, 0.2) is 0 Å². The van der Waals surface area contributed by atoms with E-state index in [9.17, 15) is 14.7 Å². The van der Waals surface area contributed by atoms with Crippen molar-refractivity contribution in [3.05, 3.63) is 0 Å². The molecule has 122 valence electrons. The lowest BCUT2D eigenvalue weighted by atomic mass is 9.74. The molecule has 1 aliphatic rings. The summed E-state index contributed by atoms with van der Waals surface area (Å²) < 4.78 is 0. The number of hydrogen-bond donors (Lipinski definition) is 2. The van der Waals surface area contributed by atoms with E-state index in [0.29, 0.717) is 19.0 Å². The Hall–Kier alpha value is -1.10. The van der Waals surface area contributed by atoms with Crippen LogP contribution in [0.3, 0.4) is 0 Å². The fraction of sp³-hybridized carbons (Fsp3) is 0.875. The van der Waals surface area contributed by atoms with Crippen molar-refractivity contribution >= 4 is 11.9 Å². The number of likely N-dealkylation sites (tertiary alicyclic amines) is 1. The molecule has 1 amide bonds. The van der Waals surface area contributed by atoms with Gasteiger partial charge in [-0.25, -0.2) is 0 Å². The molecule has 0 aromatic heterocycles. The monoisotopic (exact) mass is 298 g/mol. The molecule has 0 spiro atoms. The van der Waals surface area contributed by atoms with Gasteiger partial charge in [-0.3, -0.25) is 9.59 Å². The Kier molecular flexibility index (Phi) is 6.20. The molecule has 2 unspecified atom stereocenters. The van der Waals surface area contributed by atoms with Crippen LogP contribution in [0.5, 0.6) is 0 Å². The average Bonchev–Trinajstić information content (AvgIpc) is 2.43. The van der Waals surface area contributed by atoms with Crippen LogP contribution in [0.2, 0.25) is 0 Å². The van der Waals surface area contributed by atoms with Gasteiger partial charge in [0.25, 0.3) is 0 Å². The van der Waals surface area contributed by atoms with Crippen molar-refractivity contribution in [1.29, 1.82) is 0 Å². The number of carboxylic acids is 1. The van der Waals surface area contributed by atoms with Gasteiger partial charge in [0.2, 0.25) is 5.91 Å². The van der Waals surface area contributed by atoms with Crippen molar-refractivity contribution in [2.24, 2.45) is 28.9 Å². The van der Waals surface area contributed by atoms with Gasteiger partial charge in [-0.1, -0.05) is 13.8 Å². The van der Waals surface area contributed by atoms with Gasteiger partial charge in [0.05, 0.1) is 11.3 Å². The van der Waals surface area contributed by atoms with E-state index in [4.69, 9.17) is 5.73 Å². The molecule has 21 heavy (non-hydrogen) atoms. The van der Waals surface area contributed by atoms with Crippen LogP contribution in [-0.4, -0.2) is 41.5 Å². The molecule has 1 aliphatic heterocycles. The number of carboxylic acid groups (broad SMARTS) is 1. The van der Waals surface area contributed by atoms with Crippen LogP contribution < -0.4 is 5.73 Å². The number of amides is 1. The summed E-state index contributed by atoms with van der Waals surface area (Å²) in [5.74, 6) is -0.406. The number of piperidine rings is 1. The van der Waals surface area contributed by atoms with Gasteiger partial charge in [-0.05, 0) is 44.9 Å². The molecule has 1 fully saturated rings. The number of carbonyl (C=O) groups is 2. The Balaban J connectivity index is 2.75. The highest BCUT2D eigenvalue weighted by atomic mass is 16.4. The molecule has 0 saturated carbocycles. The molecule has 1 saturated heterocycles. The molecule has 0 aromatic carbocycles. The standard InChI is InChI=1S/C16H30N2O3/c1-11(2)8-12(9-17)14(19)18-7-5-6-13(10-18)16(3,4)15(20)21/h11-13H,5-10,17H2,1-4H3,(H,20,21). The van der Waals surface area contributed by atoms with Crippen molar-refractivity contribution in [2.75, 3.05) is 19.6 Å². The minimum Gasteiger partial charge on any atom is -0.481 e. The lowest BCUT2D eigenvalue weighted by Gasteiger charge is -2.40. The van der Waals surface area contributed by atoms with Crippen molar-refractivity contribution in [1.82, 2.24) is 4.90 Å². The lowest BCUT2D eigenvalue weighted by molar-refractivity contribution is -0.153. The first kappa shape index (κ1) is 18.0. The van der Waals surface area contributed by atoms with E-state index in [0.717, 1.165) is 25.8 Å². The smallest absolute Gasteiger partial charge is 0.309 e. The van der Waals surface area contributed by atoms with Gasteiger partial charge < -0.3 is 15.7 Å². The van der Waals surface area contributed by atoms with Crippen LogP contribution >= 0.6 is 0 Å². The molecular formula is C16H30N2O3. The van der Waals surface area contributed by atoms with Gasteiger partial charge in [0.15, 0.2) is 0 Å². The third-order valence-electron chi connectivity index (χ3n) is 4.69. The molecule has 0 radical (unpaired) electrons. The fourth-order valence-electron chi connectivity index (χ4n) is 3.07. The Bertz CT molecular complexity index is 380. The second kappa shape index (κ2) is 7.25. The van der Waals surface area contributed by atoms with Crippen molar-refractivity contribution in [3.63, 3.8) is 0 Å². The van der Waals surface area contributed by atoms with E-state index in [1.54, 1.807) is 13.8 Å². The first-order chi connectivity index (χ1) is 9.70. The molecule has 5 nitrogen and oxygen atoms in total. The number of rotatable bonds is 6. The Morgan fingerprint density at radius 3 is 2.48 bits per heavy atom. The van der Waals surface area contributed by atoms with Crippen LogP contribution in [-0.2, 0) is 9.59 Å². The molecular weight excluding hydrogens is 268 g/mol. The summed E-state index contributed by atoms with van der Waals surface area (Å²) in [5, 5.41) is 9.37. The predicted molar refractivity (Wildman–Crippen MR) is 82.7 cm³/mol. The number of carbonyl (C=O) groups excluding carboxylic acids is 1. The molecule has 5 heteroatoms. The van der Waals surface area contributed by atoms with Crippen molar-refractivity contribution in [3.8, 4) is 0 Å². The Morgan fingerprint density at radius 2 is 2.00 bits per heavy atom. The minimum atomic E-state index is -0.796. The Morgan fingerprint density at radius 1 is 1.38 bits per heavy atom. The van der Waals surface area contributed by atoms with Gasteiger partial charge in [-0.15, -0.1) is 0 Å². The number of nitrogens with two attached hydrogens (primary N) is 1. The van der Waals surface area contributed by atoms with Crippen molar-refractivity contribution in [2.45, 2.75) is 47.0 Å². The topological polar surface area (TPSA) is 83.6 Å². The van der Waals surface area contributed by atoms with Gasteiger partial charge >= 0.3 is 5.97 Å². The molecule has 2 atom stereocenters. The zero-order chi connectivity index (χ0) is 16.2. The van der Waals surface area contributed by atoms with E-state index < -0.39 is 11.4 Å². The highest BCUT2D eigenvalue weighted by Crippen LogP contribution is 2.34. The SMILES string of the molecule is CC(C)CC(CN)C(=O)N1CCCC(C(C)(C)C(=O)O)C1. The first-order valence-electron chi connectivity index (χ1n) is 7.92. The van der Waals surface area contributed by atoms with E-state index >= 15 is 0 Å². The zero-order valence-electron chi connectivity index (χ0n) is 13.8. The van der Waals surface area contributed by atoms with Gasteiger partial charge in [-0.2, -0.15) is 0 Å². The van der Waals surface area contributed by atoms with E-state index in [1.165, 1.54) is 0 Å². The molecule has 0 aliphatic carbocycles. The molecule has 0 aromatic rings. The highest BCUT2D eigenvalue weighted by Gasteiger charge is 2.40. The summed E-state index contributed by atoms with van der Waals surface area (Å²) in [6, 6.07) is 0. The second-order valence-electron chi connectivity index (χ2n) is 7.21. The van der Waals surface area contributed by atoms with Gasteiger partial charge in [0.1, 0.15) is 0 Å². The van der Waals surface area contributed by atoms with E-state index in [1.807, 2.05) is 4.90 Å². The van der Waals surface area contributed by atoms with Crippen LogP contribution in [0.4, 0.5) is 0 Å². The van der Waals surface area contributed by atoms with Crippen LogP contribution in [0, 0.1) is 23.2 Å². The first-order valence-corrected chi connectivity index (χ1v) is 7.92. The normalized spacial score (nSPS) is 21.4. The quantitative estimate of drug-likeness (QED) is 0.785. The van der Waals surface area contributed by atoms with Crippen molar-refractivity contribution < 1.29 is 14.7 Å². The van der Waals surface area contributed by atoms with Gasteiger partial charge in [0, 0.05) is 19.6 Å². The summed E-state index contributed by atoms with van der Waals surface area (Å²) in [6.07, 6.45) is 2.52. The summed E-state index contributed by atoms with van der Waals surface area (Å²) >= 11 is 0. The molecule has 3 N–H and O–H groups in total. The lowest BCUT2D eigenvalue weighted by Crippen LogP contribution is -2.49. The Labute approximate surface area is 127 Å². The minimum absolute atomic E-state index is 0.00479. The number of hydrogen-bond acceptors (Lipinski definition) is 3. The summed E-state index contributed by atoms with van der Waals surface area (Å²) in [7, 11) is 0. The third-order valence-corrected chi connectivity index (χ3v) is 4.69. The fourth-order valence-corrected chi connectivity index (χ4v) is 3.07. The van der Waals surface area contributed by atoms with E-state index in [-0.39, 0.29) is 17.7 Å². The molecule has 1 heterocycles. The summed E-state index contributed by atoms with van der Waals surface area (Å²) in [6.45, 7) is 9.29. The maximum atomic E-state index is 12.6. The summed E-state index contributed by atoms with van der Waals surface area (Å²) in [4.78, 5) is 25.8. The van der Waals surface area contributed by atoms with Crippen LogP contribution in [0.1, 0.15) is 47.0 Å². The average molecular weight is 298 g/mol. The second-order valence-corrected chi connectivity index (χ2v) is 7.21. The van der Waals surface area contributed by atoms with E-state index in [2.05, 4.69) is 13.8 Å². The van der Waals surface area contributed by atoms with Crippen LogP contribution in [0.25, 0.3) is 0 Å². The molecule has 0 bridgehead atoms. The predicted octanol–water partition coefficient (Wildman–Crippen LogP) is 1.96.